The quantitative estimate of drug-likeness (QED) is 0.456. The number of guanidine groups is 1. The van der Waals surface area contributed by atoms with Crippen molar-refractivity contribution in [3.8, 4) is 0 Å². The van der Waals surface area contributed by atoms with Crippen molar-refractivity contribution in [3.63, 3.8) is 0 Å². The van der Waals surface area contributed by atoms with Gasteiger partial charge in [0.15, 0.2) is 5.96 Å². The van der Waals surface area contributed by atoms with E-state index >= 15 is 0 Å². The van der Waals surface area contributed by atoms with Crippen molar-refractivity contribution in [2.45, 2.75) is 13.8 Å². The molecule has 1 amide bonds. The van der Waals surface area contributed by atoms with Gasteiger partial charge in [-0.15, -0.1) is 24.0 Å². The van der Waals surface area contributed by atoms with Gasteiger partial charge in [-0.25, -0.2) is 9.38 Å². The number of nitrogens with two attached hydrogens (primary N) is 1. The number of aliphatic imine (C=N–C) groups is 1. The Hall–Kier alpha value is -1.38. The van der Waals surface area contributed by atoms with Crippen molar-refractivity contribution in [1.82, 2.24) is 4.90 Å². The average molecular weight is 394 g/mol. The lowest BCUT2D eigenvalue weighted by atomic mass is 10.3. The zero-order valence-corrected chi connectivity index (χ0v) is 13.9. The lowest BCUT2D eigenvalue weighted by molar-refractivity contribution is -0.114. The summed E-state index contributed by atoms with van der Waals surface area (Å²) in [5.74, 6) is -0.289. The van der Waals surface area contributed by atoms with Crippen molar-refractivity contribution in [2.75, 3.05) is 25.0 Å². The van der Waals surface area contributed by atoms with E-state index in [0.29, 0.717) is 11.6 Å². The molecule has 0 atom stereocenters. The van der Waals surface area contributed by atoms with Gasteiger partial charge < -0.3 is 16.0 Å². The number of benzene rings is 1. The number of hydrogen-bond donors (Lipinski definition) is 2. The Balaban J connectivity index is 0.00000361. The number of anilines is 1. The molecule has 0 aliphatic carbocycles. The molecule has 5 nitrogen and oxygen atoms in total. The fourth-order valence-electron chi connectivity index (χ4n) is 1.53. The zero-order chi connectivity index (χ0) is 14.3. The van der Waals surface area contributed by atoms with Gasteiger partial charge in [0.25, 0.3) is 0 Å². The van der Waals surface area contributed by atoms with E-state index in [4.69, 9.17) is 5.73 Å². The molecule has 3 N–H and O–H groups in total. The van der Waals surface area contributed by atoms with E-state index in [-0.39, 0.29) is 42.2 Å². The number of carbonyl (C=O) groups is 1. The van der Waals surface area contributed by atoms with Gasteiger partial charge in [0, 0.05) is 18.8 Å². The molecule has 0 saturated heterocycles. The van der Waals surface area contributed by atoms with E-state index in [0.717, 1.165) is 13.1 Å². The Morgan fingerprint density at radius 1 is 1.30 bits per heavy atom. The second kappa shape index (κ2) is 9.51. The van der Waals surface area contributed by atoms with Gasteiger partial charge in [-0.3, -0.25) is 4.79 Å². The van der Waals surface area contributed by atoms with Crippen LogP contribution in [0, 0.1) is 5.82 Å². The number of nitrogens with zero attached hydrogens (tertiary/aromatic N) is 2. The molecule has 1 aromatic rings. The monoisotopic (exact) mass is 394 g/mol. The Labute approximate surface area is 135 Å². The minimum atomic E-state index is -0.346. The molecule has 1 aromatic carbocycles. The van der Waals surface area contributed by atoms with Crippen LogP contribution in [0.3, 0.4) is 0 Å². The van der Waals surface area contributed by atoms with Gasteiger partial charge in [-0.1, -0.05) is 0 Å². The van der Waals surface area contributed by atoms with E-state index in [1.54, 1.807) is 0 Å². The minimum Gasteiger partial charge on any atom is -0.370 e. The molecule has 0 aliphatic rings. The molecule has 0 aliphatic heterocycles. The fourth-order valence-corrected chi connectivity index (χ4v) is 1.53. The lowest BCUT2D eigenvalue weighted by Crippen LogP contribution is -2.37. The smallest absolute Gasteiger partial charge is 0.246 e. The average Bonchev–Trinajstić information content (AvgIpc) is 2.40. The standard InChI is InChI=1S/C13H19FN4O.HI/c1-3-18(4-2)13(15)16-9-12(19)17-11-7-5-10(14)6-8-11;/h5-8H,3-4,9H2,1-2H3,(H2,15,16)(H,17,19);1H. The summed E-state index contributed by atoms with van der Waals surface area (Å²) in [6.45, 7) is 5.35. The maximum absolute atomic E-state index is 12.7. The highest BCUT2D eigenvalue weighted by atomic mass is 127. The van der Waals surface area contributed by atoms with Gasteiger partial charge in [0.05, 0.1) is 0 Å². The molecule has 0 bridgehead atoms. The molecule has 1 rings (SSSR count). The van der Waals surface area contributed by atoms with E-state index in [1.165, 1.54) is 24.3 Å². The first-order valence-corrected chi connectivity index (χ1v) is 6.17. The van der Waals surface area contributed by atoms with Crippen molar-refractivity contribution in [1.29, 1.82) is 0 Å². The molecular formula is C13H20FIN4O. The minimum absolute atomic E-state index is 0. The first kappa shape index (κ1) is 18.6. The highest BCUT2D eigenvalue weighted by molar-refractivity contribution is 14.0. The van der Waals surface area contributed by atoms with Gasteiger partial charge in [-0.2, -0.15) is 0 Å². The predicted molar refractivity (Wildman–Crippen MR) is 89.9 cm³/mol. The van der Waals surface area contributed by atoms with E-state index < -0.39 is 0 Å². The van der Waals surface area contributed by atoms with Crippen LogP contribution in [0.25, 0.3) is 0 Å². The second-order valence-electron chi connectivity index (χ2n) is 3.90. The van der Waals surface area contributed by atoms with Crippen LogP contribution < -0.4 is 11.1 Å². The van der Waals surface area contributed by atoms with Crippen molar-refractivity contribution in [2.24, 2.45) is 10.7 Å². The molecular weight excluding hydrogens is 374 g/mol. The van der Waals surface area contributed by atoms with Crippen LogP contribution in [0.4, 0.5) is 10.1 Å². The van der Waals surface area contributed by atoms with Gasteiger partial charge in [0.1, 0.15) is 12.4 Å². The Morgan fingerprint density at radius 3 is 2.35 bits per heavy atom. The van der Waals surface area contributed by atoms with Crippen LogP contribution >= 0.6 is 24.0 Å². The van der Waals surface area contributed by atoms with Gasteiger partial charge >= 0.3 is 0 Å². The molecule has 7 heteroatoms. The summed E-state index contributed by atoms with van der Waals surface area (Å²) in [5, 5.41) is 2.61. The molecule has 0 heterocycles. The zero-order valence-electron chi connectivity index (χ0n) is 11.6. The fraction of sp³-hybridized carbons (Fsp3) is 0.385. The molecule has 0 saturated carbocycles. The van der Waals surface area contributed by atoms with Gasteiger partial charge in [-0.05, 0) is 38.1 Å². The number of rotatable bonds is 5. The summed E-state index contributed by atoms with van der Waals surface area (Å²) < 4.78 is 12.7. The van der Waals surface area contributed by atoms with Crippen LogP contribution in [0.5, 0.6) is 0 Å². The molecule has 0 aromatic heterocycles. The van der Waals surface area contributed by atoms with E-state index in [9.17, 15) is 9.18 Å². The third-order valence-corrected chi connectivity index (χ3v) is 2.60. The van der Waals surface area contributed by atoms with Crippen molar-refractivity contribution in [3.05, 3.63) is 30.1 Å². The molecule has 0 spiro atoms. The summed E-state index contributed by atoms with van der Waals surface area (Å²) in [4.78, 5) is 17.5. The lowest BCUT2D eigenvalue weighted by Gasteiger charge is -2.19. The maximum Gasteiger partial charge on any atom is 0.246 e. The highest BCUT2D eigenvalue weighted by Crippen LogP contribution is 2.07. The molecule has 112 valence electrons. The van der Waals surface area contributed by atoms with E-state index in [1.807, 2.05) is 18.7 Å². The SMILES string of the molecule is CCN(CC)C(N)=NCC(=O)Nc1ccc(F)cc1.I. The van der Waals surface area contributed by atoms with E-state index in [2.05, 4.69) is 10.3 Å². The van der Waals surface area contributed by atoms with Gasteiger partial charge in [0.2, 0.25) is 5.91 Å². The number of hydrogen-bond acceptors (Lipinski definition) is 2. The van der Waals surface area contributed by atoms with Crippen molar-refractivity contribution >= 4 is 41.5 Å². The summed E-state index contributed by atoms with van der Waals surface area (Å²) in [7, 11) is 0. The molecule has 0 fully saturated rings. The summed E-state index contributed by atoms with van der Waals surface area (Å²) in [6, 6.07) is 5.54. The maximum atomic E-state index is 12.7. The number of amides is 1. The van der Waals surface area contributed by atoms with Crippen molar-refractivity contribution < 1.29 is 9.18 Å². The predicted octanol–water partition coefficient (Wildman–Crippen LogP) is 2.04. The van der Waals surface area contributed by atoms with Crippen LogP contribution in [0.15, 0.2) is 29.3 Å². The number of halogens is 2. The number of carbonyl (C=O) groups excluding carboxylic acids is 1. The van der Waals surface area contributed by atoms with Crippen LogP contribution in [-0.2, 0) is 4.79 Å². The first-order valence-electron chi connectivity index (χ1n) is 6.17. The third kappa shape index (κ3) is 6.18. The highest BCUT2D eigenvalue weighted by Gasteiger charge is 2.05. The Kier molecular flexibility index (Phi) is 8.86. The van der Waals surface area contributed by atoms with Crippen LogP contribution in [0.1, 0.15) is 13.8 Å². The molecule has 0 unspecified atom stereocenters. The molecule has 20 heavy (non-hydrogen) atoms. The second-order valence-corrected chi connectivity index (χ2v) is 3.90. The summed E-state index contributed by atoms with van der Waals surface area (Å²) in [6.07, 6.45) is 0. The number of nitrogens with one attached hydrogen (secondary N) is 1. The van der Waals surface area contributed by atoms with Crippen LogP contribution in [-0.4, -0.2) is 36.4 Å². The van der Waals surface area contributed by atoms with Crippen LogP contribution in [0.2, 0.25) is 0 Å². The normalized spacial score (nSPS) is 10.7. The molecule has 0 radical (unpaired) electrons. The topological polar surface area (TPSA) is 70.7 Å². The largest absolute Gasteiger partial charge is 0.370 e. The summed E-state index contributed by atoms with van der Waals surface area (Å²) >= 11 is 0. The summed E-state index contributed by atoms with van der Waals surface area (Å²) in [5.41, 5.74) is 6.28. The third-order valence-electron chi connectivity index (χ3n) is 2.60. The Morgan fingerprint density at radius 2 is 1.85 bits per heavy atom. The first-order chi connectivity index (χ1) is 9.06. The Bertz CT molecular complexity index is 446.